The maximum absolute atomic E-state index is 12.3. The zero-order chi connectivity index (χ0) is 18.4. The highest BCUT2D eigenvalue weighted by Crippen LogP contribution is 2.23. The summed E-state index contributed by atoms with van der Waals surface area (Å²) in [6.45, 7) is 0.882. The van der Waals surface area contributed by atoms with E-state index in [0.29, 0.717) is 25.2 Å². The molecule has 1 aromatic rings. The van der Waals surface area contributed by atoms with Crippen molar-refractivity contribution in [2.45, 2.75) is 25.3 Å². The molecule has 1 saturated heterocycles. The summed E-state index contributed by atoms with van der Waals surface area (Å²) in [7, 11) is -3.43. The minimum Gasteiger partial charge on any atom is -0.378 e. The summed E-state index contributed by atoms with van der Waals surface area (Å²) >= 11 is 0. The molecule has 1 heterocycles. The van der Waals surface area contributed by atoms with Gasteiger partial charge in [-0.05, 0) is 18.9 Å². The summed E-state index contributed by atoms with van der Waals surface area (Å²) < 4.78 is 24.8. The molecule has 10 heteroatoms. The molecule has 1 amide bonds. The largest absolute Gasteiger partial charge is 0.378 e. The van der Waals surface area contributed by atoms with E-state index in [1.165, 1.54) is 10.4 Å². The van der Waals surface area contributed by atoms with E-state index in [1.54, 1.807) is 18.2 Å². The molecule has 0 aliphatic carbocycles. The monoisotopic (exact) mass is 370 g/mol. The van der Waals surface area contributed by atoms with E-state index < -0.39 is 21.0 Å². The number of piperidine rings is 1. The number of amides is 1. The fraction of sp³-hybridized carbons (Fsp3) is 0.533. The van der Waals surface area contributed by atoms with Gasteiger partial charge in [0, 0.05) is 25.7 Å². The average Bonchev–Trinajstić information content (AvgIpc) is 2.58. The molecule has 1 fully saturated rings. The molecule has 138 valence electrons. The van der Waals surface area contributed by atoms with E-state index in [9.17, 15) is 23.3 Å². The molecule has 0 spiro atoms. The SMILES string of the molecule is CS(=O)(=O)N1CCCCC1C(=O)NCCNc1ccccc1[N+](=O)[O-]. The van der Waals surface area contributed by atoms with Crippen LogP contribution in [0.15, 0.2) is 24.3 Å². The Balaban J connectivity index is 1.87. The molecule has 1 aromatic carbocycles. The molecule has 1 atom stereocenters. The molecular weight excluding hydrogens is 348 g/mol. The van der Waals surface area contributed by atoms with Crippen LogP contribution in [0, 0.1) is 10.1 Å². The summed E-state index contributed by atoms with van der Waals surface area (Å²) in [5.74, 6) is -0.338. The van der Waals surface area contributed by atoms with E-state index >= 15 is 0 Å². The summed E-state index contributed by atoms with van der Waals surface area (Å²) in [5, 5.41) is 16.5. The van der Waals surface area contributed by atoms with Gasteiger partial charge in [0.2, 0.25) is 15.9 Å². The van der Waals surface area contributed by atoms with Crippen LogP contribution >= 0.6 is 0 Å². The Labute approximate surface area is 146 Å². The third-order valence-electron chi connectivity index (χ3n) is 4.02. The summed E-state index contributed by atoms with van der Waals surface area (Å²) in [4.78, 5) is 22.7. The number of sulfonamides is 1. The van der Waals surface area contributed by atoms with Crippen LogP contribution in [0.2, 0.25) is 0 Å². The topological polar surface area (TPSA) is 122 Å². The van der Waals surface area contributed by atoms with Gasteiger partial charge in [0.1, 0.15) is 11.7 Å². The first-order valence-corrected chi connectivity index (χ1v) is 9.87. The number of carbonyl (C=O) groups excluding carboxylic acids is 1. The van der Waals surface area contributed by atoms with E-state index in [2.05, 4.69) is 10.6 Å². The number of nitrogens with zero attached hydrogens (tertiary/aromatic N) is 2. The Morgan fingerprint density at radius 3 is 2.72 bits per heavy atom. The number of para-hydroxylation sites is 2. The van der Waals surface area contributed by atoms with E-state index in [-0.39, 0.29) is 18.1 Å². The minimum atomic E-state index is -3.43. The van der Waals surface area contributed by atoms with Crippen molar-refractivity contribution in [1.29, 1.82) is 0 Å². The Kier molecular flexibility index (Phi) is 6.32. The van der Waals surface area contributed by atoms with Crippen molar-refractivity contribution in [3.8, 4) is 0 Å². The Hall–Kier alpha value is -2.20. The van der Waals surface area contributed by atoms with Crippen molar-refractivity contribution >= 4 is 27.3 Å². The molecule has 9 nitrogen and oxygen atoms in total. The van der Waals surface area contributed by atoms with Crippen molar-refractivity contribution in [2.75, 3.05) is 31.2 Å². The summed E-state index contributed by atoms with van der Waals surface area (Å²) in [6.07, 6.45) is 3.15. The van der Waals surface area contributed by atoms with Crippen LogP contribution in [0.25, 0.3) is 0 Å². The first-order chi connectivity index (χ1) is 11.8. The van der Waals surface area contributed by atoms with Crippen LogP contribution in [0.4, 0.5) is 11.4 Å². The predicted molar refractivity (Wildman–Crippen MR) is 93.8 cm³/mol. The Bertz CT molecular complexity index is 737. The van der Waals surface area contributed by atoms with Crippen molar-refractivity contribution in [3.05, 3.63) is 34.4 Å². The number of nitro benzene ring substituents is 1. The van der Waals surface area contributed by atoms with Gasteiger partial charge >= 0.3 is 0 Å². The lowest BCUT2D eigenvalue weighted by Gasteiger charge is -2.32. The number of nitrogens with one attached hydrogen (secondary N) is 2. The Morgan fingerprint density at radius 1 is 1.32 bits per heavy atom. The lowest BCUT2D eigenvalue weighted by Crippen LogP contribution is -2.52. The van der Waals surface area contributed by atoms with Gasteiger partial charge in [-0.15, -0.1) is 0 Å². The second kappa shape index (κ2) is 8.26. The van der Waals surface area contributed by atoms with Gasteiger partial charge in [0.25, 0.3) is 5.69 Å². The third-order valence-corrected chi connectivity index (χ3v) is 5.31. The molecule has 25 heavy (non-hydrogen) atoms. The summed E-state index contributed by atoms with van der Waals surface area (Å²) in [6, 6.07) is 5.56. The normalized spacial score (nSPS) is 18.5. The average molecular weight is 370 g/mol. The number of carbonyl (C=O) groups is 1. The Morgan fingerprint density at radius 2 is 2.04 bits per heavy atom. The fourth-order valence-electron chi connectivity index (χ4n) is 2.85. The number of hydrogen-bond acceptors (Lipinski definition) is 6. The van der Waals surface area contributed by atoms with Crippen LogP contribution in [0.3, 0.4) is 0 Å². The van der Waals surface area contributed by atoms with E-state index in [1.807, 2.05) is 0 Å². The van der Waals surface area contributed by atoms with Crippen molar-refractivity contribution < 1.29 is 18.1 Å². The smallest absolute Gasteiger partial charge is 0.292 e. The van der Waals surface area contributed by atoms with Crippen LogP contribution in [-0.4, -0.2) is 55.5 Å². The molecule has 0 aromatic heterocycles. The number of rotatable bonds is 7. The molecular formula is C15H22N4O5S. The molecule has 2 N–H and O–H groups in total. The third kappa shape index (κ3) is 5.13. The summed E-state index contributed by atoms with van der Waals surface area (Å²) in [5.41, 5.74) is 0.335. The van der Waals surface area contributed by atoms with Crippen LogP contribution < -0.4 is 10.6 Å². The van der Waals surface area contributed by atoms with Gasteiger partial charge in [0.05, 0.1) is 11.2 Å². The number of benzene rings is 1. The highest BCUT2D eigenvalue weighted by molar-refractivity contribution is 7.88. The van der Waals surface area contributed by atoms with Gasteiger partial charge in [-0.3, -0.25) is 14.9 Å². The highest BCUT2D eigenvalue weighted by Gasteiger charge is 2.34. The number of hydrogen-bond donors (Lipinski definition) is 2. The lowest BCUT2D eigenvalue weighted by molar-refractivity contribution is -0.384. The lowest BCUT2D eigenvalue weighted by atomic mass is 10.0. The molecule has 0 radical (unpaired) electrons. The molecule has 2 rings (SSSR count). The minimum absolute atomic E-state index is 0.0376. The molecule has 1 aliphatic heterocycles. The highest BCUT2D eigenvalue weighted by atomic mass is 32.2. The fourth-order valence-corrected chi connectivity index (χ4v) is 3.97. The van der Waals surface area contributed by atoms with Crippen molar-refractivity contribution in [3.63, 3.8) is 0 Å². The van der Waals surface area contributed by atoms with Gasteiger partial charge in [-0.25, -0.2) is 8.42 Å². The maximum atomic E-state index is 12.3. The van der Waals surface area contributed by atoms with Crippen molar-refractivity contribution in [2.24, 2.45) is 0 Å². The number of anilines is 1. The number of nitro groups is 1. The molecule has 0 saturated carbocycles. The van der Waals surface area contributed by atoms with E-state index in [4.69, 9.17) is 0 Å². The van der Waals surface area contributed by atoms with Crippen LogP contribution in [0.5, 0.6) is 0 Å². The quantitative estimate of drug-likeness (QED) is 0.418. The van der Waals surface area contributed by atoms with Gasteiger partial charge < -0.3 is 10.6 Å². The first kappa shape index (κ1) is 19.1. The van der Waals surface area contributed by atoms with Gasteiger partial charge in [0.15, 0.2) is 0 Å². The van der Waals surface area contributed by atoms with E-state index in [0.717, 1.165) is 19.1 Å². The maximum Gasteiger partial charge on any atom is 0.292 e. The second-order valence-electron chi connectivity index (χ2n) is 5.88. The zero-order valence-corrected chi connectivity index (χ0v) is 14.8. The van der Waals surface area contributed by atoms with Crippen LogP contribution in [-0.2, 0) is 14.8 Å². The molecule has 1 unspecified atom stereocenters. The molecule has 1 aliphatic rings. The second-order valence-corrected chi connectivity index (χ2v) is 7.81. The molecule has 0 bridgehead atoms. The van der Waals surface area contributed by atoms with Gasteiger partial charge in [-0.1, -0.05) is 18.6 Å². The van der Waals surface area contributed by atoms with Gasteiger partial charge in [-0.2, -0.15) is 4.31 Å². The van der Waals surface area contributed by atoms with Crippen molar-refractivity contribution in [1.82, 2.24) is 9.62 Å². The predicted octanol–water partition coefficient (Wildman–Crippen LogP) is 0.937. The first-order valence-electron chi connectivity index (χ1n) is 8.02. The zero-order valence-electron chi connectivity index (χ0n) is 14.0. The standard InChI is InChI=1S/C15H22N4O5S/c1-25(23,24)18-11-5-4-8-14(18)15(20)17-10-9-16-12-6-2-3-7-13(12)19(21)22/h2-3,6-7,14,16H,4-5,8-11H2,1H3,(H,17,20). The van der Waals surface area contributed by atoms with Crippen LogP contribution in [0.1, 0.15) is 19.3 Å².